The van der Waals surface area contributed by atoms with Crippen LogP contribution in [0.4, 0.5) is 10.5 Å². The number of thioether (sulfide) groups is 1. The van der Waals surface area contributed by atoms with E-state index < -0.39 is 24.0 Å². The molecule has 0 radical (unpaired) electrons. The minimum absolute atomic E-state index is 0.00590. The van der Waals surface area contributed by atoms with Crippen molar-refractivity contribution < 1.29 is 19.4 Å². The van der Waals surface area contributed by atoms with E-state index in [-0.39, 0.29) is 12.2 Å². The quantitative estimate of drug-likeness (QED) is 0.0955. The average molecular weight is 638 g/mol. The Hall–Kier alpha value is -4.78. The van der Waals surface area contributed by atoms with Gasteiger partial charge in [0.15, 0.2) is 5.65 Å². The number of amides is 2. The van der Waals surface area contributed by atoms with Crippen molar-refractivity contribution in [2.75, 3.05) is 24.2 Å². The van der Waals surface area contributed by atoms with Crippen LogP contribution in [0.3, 0.4) is 0 Å². The van der Waals surface area contributed by atoms with Gasteiger partial charge in [0.05, 0.1) is 23.8 Å². The summed E-state index contributed by atoms with van der Waals surface area (Å²) < 4.78 is 6.44. The molecule has 1 unspecified atom stereocenters. The van der Waals surface area contributed by atoms with E-state index in [1.54, 1.807) is 18.0 Å². The molecular weight excluding hydrogens is 602 g/mol. The van der Waals surface area contributed by atoms with Gasteiger partial charge in [-0.05, 0) is 35.6 Å². The van der Waals surface area contributed by atoms with Crippen LogP contribution in [0.25, 0.3) is 11.0 Å². The zero-order valence-electron chi connectivity index (χ0n) is 25.0. The Morgan fingerprint density at radius 3 is 2.37 bits per heavy atom. The lowest BCUT2D eigenvalue weighted by molar-refractivity contribution is -0.118. The summed E-state index contributed by atoms with van der Waals surface area (Å²) in [4.78, 5) is 34.5. The highest BCUT2D eigenvalue weighted by molar-refractivity contribution is 7.99. The number of nitrogens with one attached hydrogen (secondary N) is 4. The third kappa shape index (κ3) is 7.71. The number of aromatic amines is 1. The van der Waals surface area contributed by atoms with Crippen LogP contribution >= 0.6 is 11.8 Å². The van der Waals surface area contributed by atoms with E-state index in [9.17, 15) is 14.7 Å². The number of benzene rings is 3. The zero-order chi connectivity index (χ0) is 31.7. The number of hydrogen-bond donors (Lipinski definition) is 5. The Kier molecular flexibility index (Phi) is 10.2. The van der Waals surface area contributed by atoms with Gasteiger partial charge in [-0.25, -0.2) is 14.8 Å². The number of para-hydroxylation sites is 1. The van der Waals surface area contributed by atoms with Crippen molar-refractivity contribution in [2.24, 2.45) is 0 Å². The Morgan fingerprint density at radius 2 is 1.63 bits per heavy atom. The highest BCUT2D eigenvalue weighted by atomic mass is 32.2. The van der Waals surface area contributed by atoms with Gasteiger partial charge in [-0.15, -0.1) is 11.8 Å². The molecule has 12 heteroatoms. The van der Waals surface area contributed by atoms with E-state index in [2.05, 4.69) is 36.1 Å². The number of carbonyl (C=O) groups excluding carboxylic acids is 1. The summed E-state index contributed by atoms with van der Waals surface area (Å²) in [6.07, 6.45) is 3.41. The van der Waals surface area contributed by atoms with Gasteiger partial charge in [-0.1, -0.05) is 78.9 Å². The minimum atomic E-state index is -1.27. The number of nitrogens with zero attached hydrogens (tertiary/aromatic N) is 3. The van der Waals surface area contributed by atoms with Crippen LogP contribution in [0.5, 0.6) is 0 Å². The van der Waals surface area contributed by atoms with Crippen molar-refractivity contribution in [3.8, 4) is 0 Å². The van der Waals surface area contributed by atoms with Crippen LogP contribution < -0.4 is 16.0 Å². The number of fused-ring (bicyclic) bond motifs is 1. The summed E-state index contributed by atoms with van der Waals surface area (Å²) in [5, 5.41) is 27.5. The Balaban J connectivity index is 1.12. The number of aromatic nitrogens is 4. The number of H-pyrrole nitrogens is 1. The molecule has 3 aromatic carbocycles. The van der Waals surface area contributed by atoms with Gasteiger partial charge in [0.25, 0.3) is 0 Å². The van der Waals surface area contributed by atoms with Crippen LogP contribution in [-0.2, 0) is 16.0 Å². The van der Waals surface area contributed by atoms with Crippen LogP contribution in [0.15, 0.2) is 102 Å². The van der Waals surface area contributed by atoms with Gasteiger partial charge in [-0.3, -0.25) is 9.89 Å². The molecule has 0 saturated carbocycles. The maximum atomic E-state index is 13.9. The first-order valence-electron chi connectivity index (χ1n) is 15.2. The highest BCUT2D eigenvalue weighted by Gasteiger charge is 2.33. The second kappa shape index (κ2) is 15.0. The van der Waals surface area contributed by atoms with Crippen molar-refractivity contribution in [1.29, 1.82) is 0 Å². The number of aryl methyl sites for hydroxylation is 1. The van der Waals surface area contributed by atoms with E-state index in [1.165, 1.54) is 6.33 Å². The lowest BCUT2D eigenvalue weighted by Gasteiger charge is -2.31. The molecule has 5 N–H and O–H groups in total. The molecule has 1 fully saturated rings. The van der Waals surface area contributed by atoms with Crippen molar-refractivity contribution in [2.45, 2.75) is 42.0 Å². The van der Waals surface area contributed by atoms with Gasteiger partial charge >= 0.3 is 6.09 Å². The molecule has 0 aliphatic carbocycles. The first-order valence-corrected chi connectivity index (χ1v) is 16.1. The number of carbonyl (C=O) groups is 2. The Morgan fingerprint density at radius 1 is 0.935 bits per heavy atom. The van der Waals surface area contributed by atoms with E-state index in [0.717, 1.165) is 52.4 Å². The molecule has 5 aromatic rings. The maximum Gasteiger partial charge on any atom is 0.405 e. The number of morpholine rings is 1. The SMILES string of the molecule is O=C(O)NC(C(=O)Nc1ccccc1CC[C@@H]1CNC[C@@H](CSc2ncnc3[nH]ncc23)O1)C(c1ccccc1)c1ccccc1. The normalized spacial score (nSPS) is 17.1. The monoisotopic (exact) mass is 637 g/mol. The van der Waals surface area contributed by atoms with Gasteiger partial charge in [-0.2, -0.15) is 5.10 Å². The fourth-order valence-electron chi connectivity index (χ4n) is 5.79. The van der Waals surface area contributed by atoms with Crippen LogP contribution in [0, 0.1) is 0 Å². The minimum Gasteiger partial charge on any atom is -0.465 e. The molecule has 3 heterocycles. The van der Waals surface area contributed by atoms with Crippen molar-refractivity contribution in [3.63, 3.8) is 0 Å². The molecule has 2 aromatic heterocycles. The molecule has 6 rings (SSSR count). The lowest BCUT2D eigenvalue weighted by atomic mass is 9.84. The number of carboxylic acid groups (broad SMARTS) is 1. The first-order chi connectivity index (χ1) is 22.5. The molecular formula is C34H35N7O4S. The van der Waals surface area contributed by atoms with Crippen molar-refractivity contribution >= 4 is 40.5 Å². The largest absolute Gasteiger partial charge is 0.465 e. The van der Waals surface area contributed by atoms with Crippen LogP contribution in [0.1, 0.15) is 29.0 Å². The summed E-state index contributed by atoms with van der Waals surface area (Å²) in [7, 11) is 0. The molecule has 11 nitrogen and oxygen atoms in total. The van der Waals surface area contributed by atoms with Crippen LogP contribution in [-0.4, -0.2) is 74.4 Å². The predicted molar refractivity (Wildman–Crippen MR) is 177 cm³/mol. The topological polar surface area (TPSA) is 154 Å². The van der Waals surface area contributed by atoms with Gasteiger partial charge < -0.3 is 25.8 Å². The maximum absolute atomic E-state index is 13.9. The molecule has 0 bridgehead atoms. The number of hydrogen-bond acceptors (Lipinski definition) is 8. The predicted octanol–water partition coefficient (Wildman–Crippen LogP) is 4.84. The molecule has 0 spiro atoms. The smallest absolute Gasteiger partial charge is 0.405 e. The van der Waals surface area contributed by atoms with Crippen molar-refractivity contribution in [1.82, 2.24) is 30.8 Å². The number of ether oxygens (including phenoxy) is 1. The Labute approximate surface area is 270 Å². The first kappa shape index (κ1) is 31.2. The summed E-state index contributed by atoms with van der Waals surface area (Å²) in [6, 6.07) is 25.5. The lowest BCUT2D eigenvalue weighted by Crippen LogP contribution is -2.47. The van der Waals surface area contributed by atoms with Gasteiger partial charge in [0, 0.05) is 30.4 Å². The van der Waals surface area contributed by atoms with Crippen LogP contribution in [0.2, 0.25) is 0 Å². The van der Waals surface area contributed by atoms with Crippen molar-refractivity contribution in [3.05, 3.63) is 114 Å². The summed E-state index contributed by atoms with van der Waals surface area (Å²) in [5.74, 6) is -0.235. The molecule has 46 heavy (non-hydrogen) atoms. The molecule has 3 atom stereocenters. The second-order valence-electron chi connectivity index (χ2n) is 11.1. The second-order valence-corrected chi connectivity index (χ2v) is 12.1. The standard InChI is InChI=1S/C34H35N7O4S/c42-32(30(40-34(43)44)29(23-10-3-1-4-11-23)24-12-5-2-6-13-24)39-28-14-8-7-9-22(28)15-16-25-17-35-18-26(45-25)20-46-33-27-19-38-41-31(27)36-21-37-33/h1-14,19,21,25-26,29-30,35,40H,15-18,20H2,(H,39,42)(H,43,44)(H,36,37,38,41)/t25-,26+,30?/m1/s1. The summed E-state index contributed by atoms with van der Waals surface area (Å²) in [6.45, 7) is 1.48. The van der Waals surface area contributed by atoms with E-state index >= 15 is 0 Å². The van der Waals surface area contributed by atoms with Gasteiger partial charge in [0.1, 0.15) is 17.4 Å². The molecule has 1 saturated heterocycles. The van der Waals surface area contributed by atoms with E-state index in [1.807, 2.05) is 84.9 Å². The molecule has 1 aliphatic rings. The van der Waals surface area contributed by atoms with Gasteiger partial charge in [0.2, 0.25) is 5.91 Å². The molecule has 2 amide bonds. The highest BCUT2D eigenvalue weighted by Crippen LogP contribution is 2.30. The van der Waals surface area contributed by atoms with E-state index in [4.69, 9.17) is 4.74 Å². The van der Waals surface area contributed by atoms with E-state index in [0.29, 0.717) is 17.8 Å². The molecule has 236 valence electrons. The number of rotatable bonds is 12. The fraction of sp³-hybridized carbons (Fsp3) is 0.265. The average Bonchev–Trinajstić information content (AvgIpc) is 3.58. The third-order valence-electron chi connectivity index (χ3n) is 7.97. The number of anilines is 1. The molecule has 1 aliphatic heterocycles. The Bertz CT molecular complexity index is 1720. The zero-order valence-corrected chi connectivity index (χ0v) is 25.8. The third-order valence-corrected chi connectivity index (χ3v) is 9.11. The summed E-state index contributed by atoms with van der Waals surface area (Å²) >= 11 is 1.62. The fourth-order valence-corrected chi connectivity index (χ4v) is 6.76. The summed E-state index contributed by atoms with van der Waals surface area (Å²) in [5.41, 5.74) is 3.97.